The number of halogens is 2. The van der Waals surface area contributed by atoms with Crippen LogP contribution in [0, 0.1) is 0 Å². The van der Waals surface area contributed by atoms with Crippen LogP contribution >= 0.6 is 31.9 Å². The van der Waals surface area contributed by atoms with Crippen molar-refractivity contribution >= 4 is 31.9 Å². The quantitative estimate of drug-likeness (QED) is 0.875. The molecule has 78 valence electrons. The van der Waals surface area contributed by atoms with Gasteiger partial charge in [0.2, 0.25) is 0 Å². The molecular weight excluding hydrogens is 310 g/mol. The molecule has 0 aromatic heterocycles. The van der Waals surface area contributed by atoms with Crippen LogP contribution in [0.25, 0.3) is 0 Å². The van der Waals surface area contributed by atoms with Crippen LogP contribution in [0.3, 0.4) is 0 Å². The molecule has 3 N–H and O–H groups in total. The maximum absolute atomic E-state index is 9.84. The molecule has 0 bridgehead atoms. The van der Waals surface area contributed by atoms with Gasteiger partial charge in [-0.3, -0.25) is 0 Å². The largest absolute Gasteiger partial charge is 0.506 e. The summed E-state index contributed by atoms with van der Waals surface area (Å²) in [4.78, 5) is 0. The van der Waals surface area contributed by atoms with Crippen LogP contribution in [0.4, 0.5) is 0 Å². The van der Waals surface area contributed by atoms with E-state index in [1.54, 1.807) is 6.07 Å². The molecule has 2 nitrogen and oxygen atoms in total. The highest BCUT2D eigenvalue weighted by atomic mass is 79.9. The summed E-state index contributed by atoms with van der Waals surface area (Å²) in [5, 5.41) is 9.84. The number of phenols is 1. The van der Waals surface area contributed by atoms with Crippen molar-refractivity contribution in [3.8, 4) is 5.75 Å². The number of hydrogen-bond acceptors (Lipinski definition) is 2. The van der Waals surface area contributed by atoms with E-state index in [1.807, 2.05) is 19.9 Å². The molecule has 0 radical (unpaired) electrons. The van der Waals surface area contributed by atoms with Crippen LogP contribution in [0.1, 0.15) is 25.8 Å². The normalized spacial score (nSPS) is 15.2. The molecular formula is C10H13Br2NO. The van der Waals surface area contributed by atoms with Gasteiger partial charge in [-0.1, -0.05) is 22.9 Å². The van der Waals surface area contributed by atoms with E-state index in [0.29, 0.717) is 4.47 Å². The van der Waals surface area contributed by atoms with Crippen molar-refractivity contribution in [2.75, 3.05) is 0 Å². The molecule has 1 atom stereocenters. The maximum Gasteiger partial charge on any atom is 0.134 e. The third kappa shape index (κ3) is 2.30. The summed E-state index contributed by atoms with van der Waals surface area (Å²) in [5.74, 6) is 0.222. The molecule has 0 aliphatic heterocycles. The van der Waals surface area contributed by atoms with Crippen LogP contribution in [0.15, 0.2) is 21.1 Å². The van der Waals surface area contributed by atoms with Gasteiger partial charge in [-0.15, -0.1) is 0 Å². The Morgan fingerprint density at radius 2 is 2.00 bits per heavy atom. The zero-order valence-corrected chi connectivity index (χ0v) is 11.3. The molecule has 1 rings (SSSR count). The number of aromatic hydroxyl groups is 1. The molecule has 0 fully saturated rings. The van der Waals surface area contributed by atoms with Gasteiger partial charge in [-0.05, 0) is 41.4 Å². The van der Waals surface area contributed by atoms with Gasteiger partial charge in [0.1, 0.15) is 5.75 Å². The number of benzene rings is 1. The van der Waals surface area contributed by atoms with Crippen molar-refractivity contribution in [3.05, 3.63) is 26.6 Å². The van der Waals surface area contributed by atoms with E-state index < -0.39 is 5.54 Å². The predicted octanol–water partition coefficient (Wildman–Crippen LogP) is 3.50. The summed E-state index contributed by atoms with van der Waals surface area (Å²) < 4.78 is 1.56. The smallest absolute Gasteiger partial charge is 0.134 e. The van der Waals surface area contributed by atoms with Crippen LogP contribution < -0.4 is 5.73 Å². The minimum absolute atomic E-state index is 0.222. The highest BCUT2D eigenvalue weighted by Gasteiger charge is 2.23. The van der Waals surface area contributed by atoms with E-state index >= 15 is 0 Å². The fraction of sp³-hybridized carbons (Fsp3) is 0.400. The lowest BCUT2D eigenvalue weighted by atomic mass is 9.90. The Morgan fingerprint density at radius 3 is 2.50 bits per heavy atom. The highest BCUT2D eigenvalue weighted by Crippen LogP contribution is 2.37. The van der Waals surface area contributed by atoms with Crippen molar-refractivity contribution < 1.29 is 5.11 Å². The van der Waals surface area contributed by atoms with Crippen molar-refractivity contribution in [1.29, 1.82) is 0 Å². The number of hydrogen-bond donors (Lipinski definition) is 2. The number of phenolic OH excluding ortho intramolecular Hbond substituents is 1. The van der Waals surface area contributed by atoms with Gasteiger partial charge < -0.3 is 10.8 Å². The lowest BCUT2D eigenvalue weighted by molar-refractivity contribution is 0.414. The van der Waals surface area contributed by atoms with E-state index in [2.05, 4.69) is 31.9 Å². The third-order valence-electron chi connectivity index (χ3n) is 2.38. The first-order chi connectivity index (χ1) is 6.38. The van der Waals surface area contributed by atoms with Crippen molar-refractivity contribution in [2.45, 2.75) is 25.8 Å². The lowest BCUT2D eigenvalue weighted by Crippen LogP contribution is -2.32. The minimum Gasteiger partial charge on any atom is -0.506 e. The molecule has 0 amide bonds. The van der Waals surface area contributed by atoms with Crippen LogP contribution in [-0.2, 0) is 5.54 Å². The summed E-state index contributed by atoms with van der Waals surface area (Å²) >= 11 is 6.66. The number of rotatable bonds is 2. The Bertz CT molecular complexity index is 350. The molecule has 0 saturated heterocycles. The summed E-state index contributed by atoms with van der Waals surface area (Å²) in [6.45, 7) is 3.90. The van der Waals surface area contributed by atoms with Crippen molar-refractivity contribution in [2.24, 2.45) is 5.73 Å². The fourth-order valence-corrected chi connectivity index (χ4v) is 2.42. The SMILES string of the molecule is CCC(C)(N)c1cc(Br)cc(Br)c1O. The van der Waals surface area contributed by atoms with E-state index in [4.69, 9.17) is 5.73 Å². The second-order valence-corrected chi connectivity index (χ2v) is 5.32. The van der Waals surface area contributed by atoms with Gasteiger partial charge in [-0.2, -0.15) is 0 Å². The standard InChI is InChI=1S/C10H13Br2NO/c1-3-10(2,13)7-4-6(11)5-8(12)9(7)14/h4-5,14H,3,13H2,1-2H3. The second kappa shape index (κ2) is 4.21. The summed E-state index contributed by atoms with van der Waals surface area (Å²) in [6, 6.07) is 3.65. The zero-order valence-electron chi connectivity index (χ0n) is 8.14. The first-order valence-electron chi connectivity index (χ1n) is 4.36. The molecule has 0 aliphatic rings. The molecule has 1 unspecified atom stereocenters. The Balaban J connectivity index is 3.34. The molecule has 4 heteroatoms. The molecule has 0 saturated carbocycles. The maximum atomic E-state index is 9.84. The van der Waals surface area contributed by atoms with Crippen molar-refractivity contribution in [1.82, 2.24) is 0 Å². The summed E-state index contributed by atoms with van der Waals surface area (Å²) in [5.41, 5.74) is 6.32. The second-order valence-electron chi connectivity index (χ2n) is 3.55. The van der Waals surface area contributed by atoms with E-state index in [-0.39, 0.29) is 5.75 Å². The minimum atomic E-state index is -0.504. The Hall–Kier alpha value is -0.0600. The van der Waals surface area contributed by atoms with Gasteiger partial charge in [0, 0.05) is 15.6 Å². The monoisotopic (exact) mass is 321 g/mol. The van der Waals surface area contributed by atoms with Gasteiger partial charge in [0.15, 0.2) is 0 Å². The van der Waals surface area contributed by atoms with E-state index in [1.165, 1.54) is 0 Å². The van der Waals surface area contributed by atoms with Gasteiger partial charge in [0.05, 0.1) is 4.47 Å². The van der Waals surface area contributed by atoms with Gasteiger partial charge in [-0.25, -0.2) is 0 Å². The lowest BCUT2D eigenvalue weighted by Gasteiger charge is -2.25. The topological polar surface area (TPSA) is 46.2 Å². The van der Waals surface area contributed by atoms with Crippen LogP contribution in [-0.4, -0.2) is 5.11 Å². The van der Waals surface area contributed by atoms with Crippen molar-refractivity contribution in [3.63, 3.8) is 0 Å². The summed E-state index contributed by atoms with van der Waals surface area (Å²) in [7, 11) is 0. The average molecular weight is 323 g/mol. The Kier molecular flexibility index (Phi) is 3.61. The Morgan fingerprint density at radius 1 is 1.43 bits per heavy atom. The van der Waals surface area contributed by atoms with Crippen LogP contribution in [0.5, 0.6) is 5.75 Å². The molecule has 0 aliphatic carbocycles. The Labute approximate surface area is 101 Å². The van der Waals surface area contributed by atoms with E-state index in [9.17, 15) is 5.11 Å². The molecule has 1 aromatic carbocycles. The molecule has 0 spiro atoms. The van der Waals surface area contributed by atoms with Gasteiger partial charge in [0.25, 0.3) is 0 Å². The molecule has 14 heavy (non-hydrogen) atoms. The highest BCUT2D eigenvalue weighted by molar-refractivity contribution is 9.11. The predicted molar refractivity (Wildman–Crippen MR) is 65.3 cm³/mol. The van der Waals surface area contributed by atoms with Gasteiger partial charge >= 0.3 is 0 Å². The first kappa shape index (κ1) is 12.0. The third-order valence-corrected chi connectivity index (χ3v) is 3.44. The summed E-state index contributed by atoms with van der Waals surface area (Å²) in [6.07, 6.45) is 0.767. The van der Waals surface area contributed by atoms with Crippen LogP contribution in [0.2, 0.25) is 0 Å². The average Bonchev–Trinajstić information content (AvgIpc) is 2.11. The van der Waals surface area contributed by atoms with E-state index in [0.717, 1.165) is 16.5 Å². The number of nitrogens with two attached hydrogens (primary N) is 1. The first-order valence-corrected chi connectivity index (χ1v) is 5.94. The zero-order chi connectivity index (χ0) is 10.9. The fourth-order valence-electron chi connectivity index (χ4n) is 1.19. The molecule has 0 heterocycles. The molecule has 1 aromatic rings.